The molecule has 0 spiro atoms. The van der Waals surface area contributed by atoms with Crippen molar-refractivity contribution >= 4 is 23.5 Å². The van der Waals surface area contributed by atoms with Crippen molar-refractivity contribution in [3.8, 4) is 0 Å². The van der Waals surface area contributed by atoms with Crippen LogP contribution in [0.1, 0.15) is 17.2 Å². The van der Waals surface area contributed by atoms with Gasteiger partial charge in [-0.15, -0.1) is 0 Å². The zero-order chi connectivity index (χ0) is 17.6. The molecule has 130 valence electrons. The van der Waals surface area contributed by atoms with E-state index in [1.165, 1.54) is 4.90 Å². The Bertz CT molecular complexity index is 751. The lowest BCUT2D eigenvalue weighted by atomic mass is 9.99. The van der Waals surface area contributed by atoms with Gasteiger partial charge in [-0.25, -0.2) is 4.79 Å². The van der Waals surface area contributed by atoms with Gasteiger partial charge in [-0.2, -0.15) is 0 Å². The second-order valence-electron chi connectivity index (χ2n) is 5.98. The third-order valence-corrected chi connectivity index (χ3v) is 4.58. The molecule has 3 amide bonds. The molecular weight excluding hydrogens is 338 g/mol. The van der Waals surface area contributed by atoms with Gasteiger partial charge in [0.15, 0.2) is 0 Å². The zero-order valence-electron chi connectivity index (χ0n) is 13.7. The van der Waals surface area contributed by atoms with Crippen LogP contribution in [-0.4, -0.2) is 36.5 Å². The SMILES string of the molecule is O=C1CN(C(=O)N[C@H](Cc2ccccc2Cl)c2ccccc2)CCN1. The maximum atomic E-state index is 12.6. The molecule has 1 aliphatic heterocycles. The lowest BCUT2D eigenvalue weighted by molar-refractivity contribution is -0.123. The largest absolute Gasteiger partial charge is 0.353 e. The minimum absolute atomic E-state index is 0.0828. The molecule has 1 atom stereocenters. The average molecular weight is 358 g/mol. The first-order valence-corrected chi connectivity index (χ1v) is 8.62. The molecule has 1 fully saturated rings. The first kappa shape index (κ1) is 17.3. The van der Waals surface area contributed by atoms with E-state index in [1.807, 2.05) is 54.6 Å². The monoisotopic (exact) mass is 357 g/mol. The van der Waals surface area contributed by atoms with Crippen LogP contribution in [-0.2, 0) is 11.2 Å². The molecule has 0 aliphatic carbocycles. The number of benzene rings is 2. The van der Waals surface area contributed by atoms with Gasteiger partial charge >= 0.3 is 6.03 Å². The Morgan fingerprint density at radius 3 is 2.60 bits per heavy atom. The van der Waals surface area contributed by atoms with Crippen LogP contribution < -0.4 is 10.6 Å². The summed E-state index contributed by atoms with van der Waals surface area (Å²) in [5.74, 6) is -0.135. The molecule has 25 heavy (non-hydrogen) atoms. The Morgan fingerprint density at radius 1 is 1.16 bits per heavy atom. The minimum Gasteiger partial charge on any atom is -0.353 e. The van der Waals surface area contributed by atoms with Crippen molar-refractivity contribution in [1.82, 2.24) is 15.5 Å². The molecule has 2 N–H and O–H groups in total. The Labute approximate surface area is 152 Å². The van der Waals surface area contributed by atoms with E-state index in [0.717, 1.165) is 11.1 Å². The van der Waals surface area contributed by atoms with Crippen molar-refractivity contribution in [2.24, 2.45) is 0 Å². The van der Waals surface area contributed by atoms with Crippen LogP contribution in [0.15, 0.2) is 54.6 Å². The van der Waals surface area contributed by atoms with Gasteiger partial charge in [-0.05, 0) is 23.6 Å². The fourth-order valence-electron chi connectivity index (χ4n) is 2.87. The standard InChI is InChI=1S/C19H20ClN3O2/c20-16-9-5-4-8-15(16)12-17(14-6-2-1-3-7-14)22-19(25)23-11-10-21-18(24)13-23/h1-9,17H,10-13H2,(H,21,24)(H,22,25)/t17-/m1/s1. The van der Waals surface area contributed by atoms with Crippen molar-refractivity contribution in [2.75, 3.05) is 19.6 Å². The van der Waals surface area contributed by atoms with Gasteiger partial charge in [0.1, 0.15) is 6.54 Å². The smallest absolute Gasteiger partial charge is 0.318 e. The molecule has 1 saturated heterocycles. The number of hydrogen-bond donors (Lipinski definition) is 2. The topological polar surface area (TPSA) is 61.4 Å². The molecule has 1 aliphatic rings. The number of piperazine rings is 1. The van der Waals surface area contributed by atoms with E-state index in [0.29, 0.717) is 24.5 Å². The van der Waals surface area contributed by atoms with Gasteiger partial charge in [-0.1, -0.05) is 60.1 Å². The van der Waals surface area contributed by atoms with Crippen molar-refractivity contribution in [2.45, 2.75) is 12.5 Å². The van der Waals surface area contributed by atoms with Gasteiger partial charge in [-0.3, -0.25) is 4.79 Å². The van der Waals surface area contributed by atoms with E-state index < -0.39 is 0 Å². The summed E-state index contributed by atoms with van der Waals surface area (Å²) >= 11 is 6.28. The highest BCUT2D eigenvalue weighted by molar-refractivity contribution is 6.31. The third kappa shape index (κ3) is 4.51. The second-order valence-corrected chi connectivity index (χ2v) is 6.39. The quantitative estimate of drug-likeness (QED) is 0.883. The number of nitrogens with zero attached hydrogens (tertiary/aromatic N) is 1. The zero-order valence-corrected chi connectivity index (χ0v) is 14.5. The van der Waals surface area contributed by atoms with Crippen LogP contribution in [0.3, 0.4) is 0 Å². The predicted molar refractivity (Wildman–Crippen MR) is 97.5 cm³/mol. The first-order valence-electron chi connectivity index (χ1n) is 8.24. The molecule has 2 aromatic carbocycles. The Balaban J connectivity index is 1.78. The fourth-order valence-corrected chi connectivity index (χ4v) is 3.09. The molecule has 0 bridgehead atoms. The number of carbonyl (C=O) groups excluding carboxylic acids is 2. The van der Waals surface area contributed by atoms with Crippen molar-refractivity contribution < 1.29 is 9.59 Å². The van der Waals surface area contributed by atoms with E-state index in [1.54, 1.807) is 0 Å². The van der Waals surface area contributed by atoms with Crippen LogP contribution in [0.5, 0.6) is 0 Å². The van der Waals surface area contributed by atoms with Crippen LogP contribution in [0, 0.1) is 0 Å². The highest BCUT2D eigenvalue weighted by atomic mass is 35.5. The summed E-state index contributed by atoms with van der Waals surface area (Å²) in [5, 5.41) is 6.44. The molecule has 2 aromatic rings. The van der Waals surface area contributed by atoms with Gasteiger partial charge in [0.25, 0.3) is 0 Å². The van der Waals surface area contributed by atoms with E-state index >= 15 is 0 Å². The maximum absolute atomic E-state index is 12.6. The summed E-state index contributed by atoms with van der Waals surface area (Å²) in [6.45, 7) is 1.07. The highest BCUT2D eigenvalue weighted by Crippen LogP contribution is 2.23. The number of carbonyl (C=O) groups is 2. The van der Waals surface area contributed by atoms with Crippen LogP contribution in [0.2, 0.25) is 5.02 Å². The molecule has 3 rings (SSSR count). The molecule has 0 saturated carbocycles. The van der Waals surface area contributed by atoms with Gasteiger partial charge in [0.05, 0.1) is 6.04 Å². The second kappa shape index (κ2) is 8.03. The van der Waals surface area contributed by atoms with E-state index in [9.17, 15) is 9.59 Å². The lowest BCUT2D eigenvalue weighted by Crippen LogP contribution is -2.53. The van der Waals surface area contributed by atoms with E-state index in [-0.39, 0.29) is 24.5 Å². The summed E-state index contributed by atoms with van der Waals surface area (Å²) in [6.07, 6.45) is 0.579. The van der Waals surface area contributed by atoms with Crippen LogP contribution >= 0.6 is 11.6 Å². The number of amides is 3. The number of hydrogen-bond acceptors (Lipinski definition) is 2. The van der Waals surface area contributed by atoms with Gasteiger partial charge in [0, 0.05) is 18.1 Å². The molecule has 5 nitrogen and oxygen atoms in total. The molecule has 0 unspecified atom stereocenters. The predicted octanol–water partition coefficient (Wildman–Crippen LogP) is 2.77. The van der Waals surface area contributed by atoms with Gasteiger partial charge in [0.2, 0.25) is 5.91 Å². The number of rotatable bonds is 4. The summed E-state index contributed by atoms with van der Waals surface area (Å²) in [4.78, 5) is 25.7. The number of nitrogens with one attached hydrogen (secondary N) is 2. The molecule has 6 heteroatoms. The van der Waals surface area contributed by atoms with Crippen LogP contribution in [0.4, 0.5) is 4.79 Å². The Morgan fingerprint density at radius 2 is 1.88 bits per heavy atom. The number of urea groups is 1. The summed E-state index contributed by atoms with van der Waals surface area (Å²) < 4.78 is 0. The van der Waals surface area contributed by atoms with Crippen LogP contribution in [0.25, 0.3) is 0 Å². The minimum atomic E-state index is -0.240. The number of halogens is 1. The lowest BCUT2D eigenvalue weighted by Gasteiger charge is -2.29. The molecule has 0 aromatic heterocycles. The average Bonchev–Trinajstić information content (AvgIpc) is 2.63. The fraction of sp³-hybridized carbons (Fsp3) is 0.263. The molecule has 1 heterocycles. The third-order valence-electron chi connectivity index (χ3n) is 4.21. The highest BCUT2D eigenvalue weighted by Gasteiger charge is 2.24. The van der Waals surface area contributed by atoms with E-state index in [4.69, 9.17) is 11.6 Å². The van der Waals surface area contributed by atoms with Gasteiger partial charge < -0.3 is 15.5 Å². The first-order chi connectivity index (χ1) is 12.1. The normalized spacial score (nSPS) is 15.4. The van der Waals surface area contributed by atoms with Crippen molar-refractivity contribution in [3.05, 3.63) is 70.7 Å². The van der Waals surface area contributed by atoms with E-state index in [2.05, 4.69) is 10.6 Å². The maximum Gasteiger partial charge on any atom is 0.318 e. The molecular formula is C19H20ClN3O2. The van der Waals surface area contributed by atoms with Crippen molar-refractivity contribution in [3.63, 3.8) is 0 Å². The Kier molecular flexibility index (Phi) is 5.56. The summed E-state index contributed by atoms with van der Waals surface area (Å²) in [5.41, 5.74) is 1.96. The summed E-state index contributed by atoms with van der Waals surface area (Å²) in [6, 6.07) is 16.9. The Hall–Kier alpha value is -2.53. The van der Waals surface area contributed by atoms with Crippen molar-refractivity contribution in [1.29, 1.82) is 0 Å². The molecule has 0 radical (unpaired) electrons. The summed E-state index contributed by atoms with van der Waals surface area (Å²) in [7, 11) is 0.